The molecule has 2 aromatic carbocycles. The highest BCUT2D eigenvalue weighted by atomic mass is 35.5. The van der Waals surface area contributed by atoms with E-state index in [1.807, 2.05) is 36.5 Å². The van der Waals surface area contributed by atoms with Crippen LogP contribution in [0.3, 0.4) is 0 Å². The van der Waals surface area contributed by atoms with Crippen LogP contribution in [0.4, 0.5) is 0 Å². The summed E-state index contributed by atoms with van der Waals surface area (Å²) in [6, 6.07) is 13.0. The van der Waals surface area contributed by atoms with Crippen molar-refractivity contribution in [2.45, 2.75) is 6.42 Å². The van der Waals surface area contributed by atoms with Crippen molar-refractivity contribution in [3.63, 3.8) is 0 Å². The van der Waals surface area contributed by atoms with Crippen molar-refractivity contribution in [2.75, 3.05) is 13.2 Å². The summed E-state index contributed by atoms with van der Waals surface area (Å²) in [5.74, 6) is 2.12. The van der Waals surface area contributed by atoms with E-state index in [1.165, 1.54) is 6.08 Å². The first-order valence-corrected chi connectivity index (χ1v) is 9.79. The summed E-state index contributed by atoms with van der Waals surface area (Å²) in [6.07, 6.45) is 9.14. The van der Waals surface area contributed by atoms with Gasteiger partial charge in [0.15, 0.2) is 5.75 Å². The second-order valence-corrected chi connectivity index (χ2v) is 7.16. The molecule has 0 radical (unpaired) electrons. The normalized spacial score (nSPS) is 11.0. The average molecular weight is 438 g/mol. The van der Waals surface area contributed by atoms with E-state index in [4.69, 9.17) is 34.4 Å². The van der Waals surface area contributed by atoms with Crippen LogP contribution in [0.1, 0.15) is 11.1 Å². The Morgan fingerprint density at radius 3 is 2.70 bits per heavy atom. The van der Waals surface area contributed by atoms with Crippen LogP contribution in [0, 0.1) is 23.7 Å². The number of aromatic nitrogens is 1. The standard InChI is InChI=1S/C23H17Cl2N3O2/c1-2-9-30-22-19(24)11-15(12-20(22)25)10-17(13-26)23(29)27-8-7-16-14-28-21-6-4-3-5-18(16)21/h1,3-6,10-12,14,28H,7-9H2,(H,27,29)/b17-10-. The fraction of sp³-hybridized carbons (Fsp3) is 0.130. The SMILES string of the molecule is C#CCOc1c(Cl)cc(/C=C(/C#N)C(=O)NCCc2c[nH]c3ccccc23)cc1Cl. The number of carbonyl (C=O) groups excluding carboxylic acids is 1. The zero-order valence-electron chi connectivity index (χ0n) is 15.8. The highest BCUT2D eigenvalue weighted by molar-refractivity contribution is 6.37. The molecule has 7 heteroatoms. The Morgan fingerprint density at radius 1 is 1.27 bits per heavy atom. The van der Waals surface area contributed by atoms with Crippen LogP contribution < -0.4 is 10.1 Å². The number of ether oxygens (including phenoxy) is 1. The van der Waals surface area contributed by atoms with Crippen LogP contribution in [0.2, 0.25) is 10.0 Å². The number of halogens is 2. The molecule has 3 aromatic rings. The monoisotopic (exact) mass is 437 g/mol. The van der Waals surface area contributed by atoms with Gasteiger partial charge in [0.05, 0.1) is 10.0 Å². The third-order valence-electron chi connectivity index (χ3n) is 4.35. The lowest BCUT2D eigenvalue weighted by molar-refractivity contribution is -0.117. The largest absolute Gasteiger partial charge is 0.478 e. The third-order valence-corrected chi connectivity index (χ3v) is 4.91. The van der Waals surface area contributed by atoms with Gasteiger partial charge >= 0.3 is 0 Å². The van der Waals surface area contributed by atoms with Crippen molar-refractivity contribution >= 4 is 46.1 Å². The number of fused-ring (bicyclic) bond motifs is 1. The van der Waals surface area contributed by atoms with Crippen LogP contribution in [-0.4, -0.2) is 24.0 Å². The van der Waals surface area contributed by atoms with E-state index in [0.717, 1.165) is 16.5 Å². The van der Waals surface area contributed by atoms with Crippen molar-refractivity contribution in [1.82, 2.24) is 10.3 Å². The van der Waals surface area contributed by atoms with Gasteiger partial charge in [0.2, 0.25) is 0 Å². The number of nitrogens with zero attached hydrogens (tertiary/aromatic N) is 1. The number of carbonyl (C=O) groups is 1. The molecule has 0 bridgehead atoms. The van der Waals surface area contributed by atoms with Gasteiger partial charge in [-0.2, -0.15) is 5.26 Å². The molecule has 1 amide bonds. The smallest absolute Gasteiger partial charge is 0.261 e. The van der Waals surface area contributed by atoms with E-state index < -0.39 is 5.91 Å². The number of nitriles is 1. The number of rotatable bonds is 7. The molecule has 150 valence electrons. The molecule has 0 saturated heterocycles. The molecule has 0 atom stereocenters. The first-order valence-electron chi connectivity index (χ1n) is 9.03. The predicted octanol–water partition coefficient (Wildman–Crippen LogP) is 4.75. The number of amides is 1. The molecule has 0 saturated carbocycles. The molecular weight excluding hydrogens is 421 g/mol. The zero-order chi connectivity index (χ0) is 21.5. The Balaban J connectivity index is 1.68. The minimum Gasteiger partial charge on any atom is -0.478 e. The van der Waals surface area contributed by atoms with Crippen molar-refractivity contribution < 1.29 is 9.53 Å². The van der Waals surface area contributed by atoms with Crippen molar-refractivity contribution in [2.24, 2.45) is 0 Å². The Hall–Kier alpha value is -3.38. The van der Waals surface area contributed by atoms with Gasteiger partial charge in [-0.05, 0) is 41.8 Å². The summed E-state index contributed by atoms with van der Waals surface area (Å²) in [7, 11) is 0. The number of aromatic amines is 1. The molecular formula is C23H17Cl2N3O2. The number of terminal acetylenes is 1. The van der Waals surface area contributed by atoms with Gasteiger partial charge in [0.1, 0.15) is 18.2 Å². The maximum absolute atomic E-state index is 12.4. The highest BCUT2D eigenvalue weighted by Crippen LogP contribution is 2.34. The Bertz CT molecular complexity index is 1180. The molecule has 3 rings (SSSR count). The van der Waals surface area contributed by atoms with E-state index in [0.29, 0.717) is 18.5 Å². The summed E-state index contributed by atoms with van der Waals surface area (Å²) in [5, 5.41) is 13.7. The van der Waals surface area contributed by atoms with E-state index in [-0.39, 0.29) is 28.0 Å². The molecule has 0 aliphatic carbocycles. The van der Waals surface area contributed by atoms with Gasteiger partial charge in [0, 0.05) is 23.6 Å². The van der Waals surface area contributed by atoms with E-state index >= 15 is 0 Å². The Kier molecular flexibility index (Phi) is 7.03. The molecule has 0 fully saturated rings. The van der Waals surface area contributed by atoms with Crippen LogP contribution >= 0.6 is 23.2 Å². The molecule has 5 nitrogen and oxygen atoms in total. The summed E-state index contributed by atoms with van der Waals surface area (Å²) < 4.78 is 5.30. The van der Waals surface area contributed by atoms with Gasteiger partial charge in [-0.3, -0.25) is 4.79 Å². The number of H-pyrrole nitrogens is 1. The van der Waals surface area contributed by atoms with Gasteiger partial charge in [-0.25, -0.2) is 0 Å². The summed E-state index contributed by atoms with van der Waals surface area (Å²) in [4.78, 5) is 15.6. The van der Waals surface area contributed by atoms with Crippen molar-refractivity contribution in [3.05, 3.63) is 69.3 Å². The first-order chi connectivity index (χ1) is 14.5. The highest BCUT2D eigenvalue weighted by Gasteiger charge is 2.13. The Labute approximate surface area is 184 Å². The lowest BCUT2D eigenvalue weighted by atomic mass is 10.1. The molecule has 1 aromatic heterocycles. The fourth-order valence-corrected chi connectivity index (χ4v) is 3.59. The number of benzene rings is 2. The number of nitrogens with one attached hydrogen (secondary N) is 2. The first kappa shape index (κ1) is 21.3. The van der Waals surface area contributed by atoms with Crippen molar-refractivity contribution in [3.8, 4) is 24.2 Å². The van der Waals surface area contributed by atoms with Crippen molar-refractivity contribution in [1.29, 1.82) is 5.26 Å². The summed E-state index contributed by atoms with van der Waals surface area (Å²) in [6.45, 7) is 0.414. The lowest BCUT2D eigenvalue weighted by Gasteiger charge is -2.09. The lowest BCUT2D eigenvalue weighted by Crippen LogP contribution is -2.26. The number of hydrogen-bond donors (Lipinski definition) is 2. The van der Waals surface area contributed by atoms with Crippen LogP contribution in [0.15, 0.2) is 48.2 Å². The van der Waals surface area contributed by atoms with Crippen LogP contribution in [0.25, 0.3) is 17.0 Å². The van der Waals surface area contributed by atoms with E-state index in [2.05, 4.69) is 16.2 Å². The topological polar surface area (TPSA) is 77.9 Å². The maximum atomic E-state index is 12.4. The number of para-hydroxylation sites is 1. The van der Waals surface area contributed by atoms with Gasteiger partial charge in [0.25, 0.3) is 5.91 Å². The molecule has 30 heavy (non-hydrogen) atoms. The molecule has 0 unspecified atom stereocenters. The molecule has 1 heterocycles. The van der Waals surface area contributed by atoms with Crippen LogP contribution in [-0.2, 0) is 11.2 Å². The van der Waals surface area contributed by atoms with Crippen LogP contribution in [0.5, 0.6) is 5.75 Å². The quantitative estimate of drug-likeness (QED) is 0.318. The molecule has 0 aliphatic rings. The summed E-state index contributed by atoms with van der Waals surface area (Å²) in [5.41, 5.74) is 2.58. The van der Waals surface area contributed by atoms with Gasteiger partial charge in [-0.1, -0.05) is 47.3 Å². The second kappa shape index (κ2) is 9.89. The van der Waals surface area contributed by atoms with Gasteiger partial charge < -0.3 is 15.0 Å². The minimum absolute atomic E-state index is 0.0247. The Morgan fingerprint density at radius 2 is 2.00 bits per heavy atom. The minimum atomic E-state index is -0.475. The third kappa shape index (κ3) is 4.96. The average Bonchev–Trinajstić information content (AvgIpc) is 3.14. The van der Waals surface area contributed by atoms with E-state index in [1.54, 1.807) is 12.1 Å². The van der Waals surface area contributed by atoms with E-state index in [9.17, 15) is 10.1 Å². The molecule has 0 aliphatic heterocycles. The second-order valence-electron chi connectivity index (χ2n) is 6.34. The molecule has 0 spiro atoms. The molecule has 2 N–H and O–H groups in total. The predicted molar refractivity (Wildman–Crippen MR) is 119 cm³/mol. The van der Waals surface area contributed by atoms with Gasteiger partial charge in [-0.15, -0.1) is 6.42 Å². The maximum Gasteiger partial charge on any atom is 0.261 e. The number of hydrogen-bond acceptors (Lipinski definition) is 3. The fourth-order valence-electron chi connectivity index (χ4n) is 2.97. The zero-order valence-corrected chi connectivity index (χ0v) is 17.3. The summed E-state index contributed by atoms with van der Waals surface area (Å²) >= 11 is 12.3.